The Morgan fingerprint density at radius 1 is 1.67 bits per heavy atom. The van der Waals surface area contributed by atoms with Gasteiger partial charge in [0.25, 0.3) is 0 Å². The molecule has 0 spiro atoms. The van der Waals surface area contributed by atoms with Gasteiger partial charge in [-0.05, 0) is 37.4 Å². The van der Waals surface area contributed by atoms with Crippen LogP contribution in [0.15, 0.2) is 18.3 Å². The van der Waals surface area contributed by atoms with E-state index in [0.717, 1.165) is 6.54 Å². The number of aromatic nitrogens is 1. The van der Waals surface area contributed by atoms with Gasteiger partial charge in [-0.15, -0.1) is 0 Å². The van der Waals surface area contributed by atoms with Crippen molar-refractivity contribution in [2.24, 2.45) is 11.7 Å². The average molecular weight is 162 g/mol. The molecule has 1 aromatic heterocycles. The van der Waals surface area contributed by atoms with Crippen molar-refractivity contribution in [2.45, 2.75) is 19.3 Å². The first-order valence-electron chi connectivity index (χ1n) is 4.44. The van der Waals surface area contributed by atoms with Crippen molar-refractivity contribution in [3.8, 4) is 0 Å². The van der Waals surface area contributed by atoms with E-state index < -0.39 is 0 Å². The lowest BCUT2D eigenvalue weighted by Crippen LogP contribution is -2.03. The monoisotopic (exact) mass is 162 g/mol. The fourth-order valence-electron chi connectivity index (χ4n) is 1.73. The normalized spacial score (nSPS) is 27.2. The molecule has 2 N–H and O–H groups in total. The Labute approximate surface area is 72.8 Å². The summed E-state index contributed by atoms with van der Waals surface area (Å²) >= 11 is 0. The molecule has 1 aromatic rings. The van der Waals surface area contributed by atoms with E-state index in [2.05, 4.69) is 18.0 Å². The van der Waals surface area contributed by atoms with Crippen molar-refractivity contribution in [2.75, 3.05) is 6.54 Å². The molecule has 1 aliphatic rings. The van der Waals surface area contributed by atoms with Gasteiger partial charge in [0.1, 0.15) is 0 Å². The number of hydrogen-bond donors (Lipinski definition) is 1. The fourth-order valence-corrected chi connectivity index (χ4v) is 1.73. The molecule has 2 rings (SSSR count). The molecule has 1 fully saturated rings. The number of aryl methyl sites for hydroxylation is 1. The van der Waals surface area contributed by atoms with Gasteiger partial charge in [0.2, 0.25) is 0 Å². The molecule has 0 amide bonds. The number of hydrogen-bond acceptors (Lipinski definition) is 2. The molecule has 1 heterocycles. The van der Waals surface area contributed by atoms with Crippen molar-refractivity contribution < 1.29 is 0 Å². The summed E-state index contributed by atoms with van der Waals surface area (Å²) in [5.74, 6) is 1.34. The lowest BCUT2D eigenvalue weighted by Gasteiger charge is -2.01. The van der Waals surface area contributed by atoms with Crippen LogP contribution in [-0.4, -0.2) is 11.5 Å². The minimum atomic E-state index is 0.649. The maximum Gasteiger partial charge on any atom is 0.0466 e. The molecule has 0 aromatic carbocycles. The third-order valence-corrected chi connectivity index (χ3v) is 2.63. The highest BCUT2D eigenvalue weighted by atomic mass is 14.7. The summed E-state index contributed by atoms with van der Waals surface area (Å²) in [4.78, 5) is 4.38. The van der Waals surface area contributed by atoms with E-state index in [9.17, 15) is 0 Å². The lowest BCUT2D eigenvalue weighted by molar-refractivity contribution is 0.793. The van der Waals surface area contributed by atoms with Gasteiger partial charge >= 0.3 is 0 Å². The van der Waals surface area contributed by atoms with E-state index in [1.807, 2.05) is 12.3 Å². The quantitative estimate of drug-likeness (QED) is 0.715. The lowest BCUT2D eigenvalue weighted by atomic mass is 10.1. The van der Waals surface area contributed by atoms with Gasteiger partial charge in [-0.1, -0.05) is 6.07 Å². The van der Waals surface area contributed by atoms with Crippen molar-refractivity contribution in [3.63, 3.8) is 0 Å². The third-order valence-electron chi connectivity index (χ3n) is 2.63. The predicted molar refractivity (Wildman–Crippen MR) is 48.9 cm³/mol. The molecule has 0 bridgehead atoms. The molecule has 0 radical (unpaired) electrons. The number of nitrogens with two attached hydrogens (primary N) is 1. The van der Waals surface area contributed by atoms with Gasteiger partial charge < -0.3 is 5.73 Å². The van der Waals surface area contributed by atoms with Crippen LogP contribution >= 0.6 is 0 Å². The first kappa shape index (κ1) is 7.74. The second-order valence-corrected chi connectivity index (χ2v) is 3.54. The van der Waals surface area contributed by atoms with Crippen LogP contribution in [0, 0.1) is 12.8 Å². The molecule has 2 heteroatoms. The Morgan fingerprint density at radius 3 is 3.08 bits per heavy atom. The van der Waals surface area contributed by atoms with Crippen LogP contribution in [0.25, 0.3) is 0 Å². The number of pyridine rings is 1. The number of nitrogens with zero attached hydrogens (tertiary/aromatic N) is 1. The zero-order chi connectivity index (χ0) is 8.55. The molecular formula is C10H14N2. The van der Waals surface area contributed by atoms with Crippen molar-refractivity contribution in [3.05, 3.63) is 29.6 Å². The first-order valence-corrected chi connectivity index (χ1v) is 4.44. The number of rotatable bonds is 2. The van der Waals surface area contributed by atoms with Crippen LogP contribution in [0.2, 0.25) is 0 Å². The van der Waals surface area contributed by atoms with E-state index in [4.69, 9.17) is 5.73 Å². The van der Waals surface area contributed by atoms with Crippen LogP contribution in [0.5, 0.6) is 0 Å². The highest BCUT2D eigenvalue weighted by molar-refractivity contribution is 5.26. The van der Waals surface area contributed by atoms with E-state index in [0.29, 0.717) is 11.8 Å². The summed E-state index contributed by atoms with van der Waals surface area (Å²) in [6.45, 7) is 2.93. The standard InChI is InChI=1S/C10H14N2/c1-7-3-2-4-12-10(7)9-5-8(9)6-11/h2-4,8-9H,5-6,11H2,1H3/t8-,9+/m0/s1. The topological polar surface area (TPSA) is 38.9 Å². The van der Waals surface area contributed by atoms with Crippen LogP contribution < -0.4 is 5.73 Å². The van der Waals surface area contributed by atoms with Crippen molar-refractivity contribution in [1.29, 1.82) is 0 Å². The Balaban J connectivity index is 2.19. The molecule has 0 unspecified atom stereocenters. The molecular weight excluding hydrogens is 148 g/mol. The van der Waals surface area contributed by atoms with E-state index >= 15 is 0 Å². The third kappa shape index (κ3) is 1.23. The fraction of sp³-hybridized carbons (Fsp3) is 0.500. The van der Waals surface area contributed by atoms with E-state index in [1.54, 1.807) is 0 Å². The van der Waals surface area contributed by atoms with Gasteiger partial charge in [0.15, 0.2) is 0 Å². The second-order valence-electron chi connectivity index (χ2n) is 3.54. The zero-order valence-corrected chi connectivity index (χ0v) is 7.33. The minimum absolute atomic E-state index is 0.649. The summed E-state index contributed by atoms with van der Waals surface area (Å²) in [6, 6.07) is 4.10. The Morgan fingerprint density at radius 2 is 2.50 bits per heavy atom. The summed E-state index contributed by atoms with van der Waals surface area (Å²) < 4.78 is 0. The molecule has 64 valence electrons. The average Bonchev–Trinajstić information content (AvgIpc) is 2.84. The van der Waals surface area contributed by atoms with E-state index in [-0.39, 0.29) is 0 Å². The van der Waals surface area contributed by atoms with Crippen LogP contribution in [0.1, 0.15) is 23.6 Å². The van der Waals surface area contributed by atoms with Crippen molar-refractivity contribution >= 4 is 0 Å². The maximum absolute atomic E-state index is 5.58. The molecule has 12 heavy (non-hydrogen) atoms. The molecule has 1 aliphatic carbocycles. The Hall–Kier alpha value is -0.890. The van der Waals surface area contributed by atoms with Crippen LogP contribution in [0.4, 0.5) is 0 Å². The van der Waals surface area contributed by atoms with Gasteiger partial charge in [-0.3, -0.25) is 4.98 Å². The summed E-state index contributed by atoms with van der Waals surface area (Å²) in [5, 5.41) is 0. The summed E-state index contributed by atoms with van der Waals surface area (Å²) in [5.41, 5.74) is 8.15. The molecule has 0 saturated heterocycles. The summed E-state index contributed by atoms with van der Waals surface area (Å²) in [6.07, 6.45) is 3.10. The Kier molecular flexibility index (Phi) is 1.85. The highest BCUT2D eigenvalue weighted by Crippen LogP contribution is 2.46. The molecule has 0 aliphatic heterocycles. The molecule has 2 nitrogen and oxygen atoms in total. The predicted octanol–water partition coefficient (Wildman–Crippen LogP) is 1.45. The van der Waals surface area contributed by atoms with Gasteiger partial charge in [0.05, 0.1) is 0 Å². The Bertz CT molecular complexity index is 283. The SMILES string of the molecule is Cc1cccnc1[C@@H]1C[C@H]1CN. The zero-order valence-electron chi connectivity index (χ0n) is 7.33. The van der Waals surface area contributed by atoms with E-state index in [1.165, 1.54) is 17.7 Å². The van der Waals surface area contributed by atoms with Crippen LogP contribution in [0.3, 0.4) is 0 Å². The maximum atomic E-state index is 5.58. The minimum Gasteiger partial charge on any atom is -0.330 e. The first-order chi connectivity index (χ1) is 5.83. The van der Waals surface area contributed by atoms with Gasteiger partial charge in [0, 0.05) is 17.8 Å². The smallest absolute Gasteiger partial charge is 0.0466 e. The van der Waals surface area contributed by atoms with Crippen molar-refractivity contribution in [1.82, 2.24) is 4.98 Å². The summed E-state index contributed by atoms with van der Waals surface area (Å²) in [7, 11) is 0. The van der Waals surface area contributed by atoms with Gasteiger partial charge in [-0.25, -0.2) is 0 Å². The molecule has 1 saturated carbocycles. The van der Waals surface area contributed by atoms with Gasteiger partial charge in [-0.2, -0.15) is 0 Å². The second kappa shape index (κ2) is 2.87. The largest absolute Gasteiger partial charge is 0.330 e. The highest BCUT2D eigenvalue weighted by Gasteiger charge is 2.38. The van der Waals surface area contributed by atoms with Crippen LogP contribution in [-0.2, 0) is 0 Å². The molecule has 2 atom stereocenters.